The van der Waals surface area contributed by atoms with E-state index in [4.69, 9.17) is 10.9 Å². The lowest BCUT2D eigenvalue weighted by molar-refractivity contribution is 0.318. The van der Waals surface area contributed by atoms with E-state index in [1.54, 1.807) is 23.9 Å². The average molecular weight is 288 g/mol. The maximum Gasteiger partial charge on any atom is 0.179 e. The van der Waals surface area contributed by atoms with E-state index >= 15 is 0 Å². The molecule has 1 aromatic rings. The maximum absolute atomic E-state index is 12.0. The molecule has 0 fully saturated rings. The second-order valence-corrected chi connectivity index (χ2v) is 7.03. The van der Waals surface area contributed by atoms with Gasteiger partial charge in [-0.15, -0.1) is 0 Å². The zero-order valence-corrected chi connectivity index (χ0v) is 11.7. The van der Waals surface area contributed by atoms with E-state index in [9.17, 15) is 8.42 Å². The van der Waals surface area contributed by atoms with E-state index in [0.29, 0.717) is 11.3 Å². The van der Waals surface area contributed by atoms with Crippen molar-refractivity contribution in [3.05, 3.63) is 29.8 Å². The van der Waals surface area contributed by atoms with Gasteiger partial charge < -0.3 is 10.9 Å². The third kappa shape index (κ3) is 3.92. The minimum atomic E-state index is -3.31. The van der Waals surface area contributed by atoms with Crippen LogP contribution in [-0.2, 0) is 9.84 Å². The van der Waals surface area contributed by atoms with E-state index in [0.717, 1.165) is 5.75 Å². The van der Waals surface area contributed by atoms with Crippen LogP contribution in [0.1, 0.15) is 12.5 Å². The van der Waals surface area contributed by atoms with Gasteiger partial charge in [-0.3, -0.25) is 0 Å². The maximum atomic E-state index is 12.0. The molecule has 0 saturated heterocycles. The van der Waals surface area contributed by atoms with Gasteiger partial charge in [0.25, 0.3) is 0 Å². The van der Waals surface area contributed by atoms with Crippen molar-refractivity contribution in [3.63, 3.8) is 0 Å². The van der Waals surface area contributed by atoms with Gasteiger partial charge >= 0.3 is 0 Å². The average Bonchev–Trinajstić information content (AvgIpc) is 2.38. The van der Waals surface area contributed by atoms with Crippen LogP contribution < -0.4 is 5.73 Å². The Morgan fingerprint density at radius 3 is 2.83 bits per heavy atom. The van der Waals surface area contributed by atoms with Crippen LogP contribution in [0.3, 0.4) is 0 Å². The van der Waals surface area contributed by atoms with E-state index in [1.165, 1.54) is 12.1 Å². The Bertz CT molecular complexity index is 527. The molecule has 0 saturated carbocycles. The van der Waals surface area contributed by atoms with Gasteiger partial charge in [-0.1, -0.05) is 24.2 Å². The molecule has 0 bridgehead atoms. The highest BCUT2D eigenvalue weighted by Crippen LogP contribution is 2.15. The zero-order chi connectivity index (χ0) is 13.6. The molecule has 0 atom stereocenters. The van der Waals surface area contributed by atoms with Gasteiger partial charge in [-0.2, -0.15) is 11.8 Å². The summed E-state index contributed by atoms with van der Waals surface area (Å²) in [5.74, 6) is 1.44. The zero-order valence-electron chi connectivity index (χ0n) is 10.0. The minimum absolute atomic E-state index is 0.0884. The highest BCUT2D eigenvalue weighted by atomic mass is 32.2. The predicted molar refractivity (Wildman–Crippen MR) is 74.0 cm³/mol. The molecule has 0 heterocycles. The van der Waals surface area contributed by atoms with Crippen LogP contribution in [0.2, 0.25) is 0 Å². The largest absolute Gasteiger partial charge is 0.409 e. The van der Waals surface area contributed by atoms with Gasteiger partial charge in [0.1, 0.15) is 0 Å². The fourth-order valence-corrected chi connectivity index (χ4v) is 3.80. The first-order valence-electron chi connectivity index (χ1n) is 5.39. The molecule has 0 radical (unpaired) electrons. The van der Waals surface area contributed by atoms with Crippen LogP contribution >= 0.6 is 11.8 Å². The summed E-state index contributed by atoms with van der Waals surface area (Å²) in [6, 6.07) is 6.10. The number of nitrogens with zero attached hydrogens (tertiary/aromatic N) is 1. The lowest BCUT2D eigenvalue weighted by Gasteiger charge is -2.05. The third-order valence-corrected chi connectivity index (χ3v) is 5.17. The molecule has 18 heavy (non-hydrogen) atoms. The summed E-state index contributed by atoms with van der Waals surface area (Å²) in [6.45, 7) is 1.98. The van der Waals surface area contributed by atoms with Crippen molar-refractivity contribution in [2.45, 2.75) is 11.8 Å². The number of hydrogen-bond acceptors (Lipinski definition) is 5. The summed E-state index contributed by atoms with van der Waals surface area (Å²) < 4.78 is 24.0. The second-order valence-electron chi connectivity index (χ2n) is 3.53. The van der Waals surface area contributed by atoms with Crippen LogP contribution in [-0.4, -0.2) is 36.7 Å². The van der Waals surface area contributed by atoms with Gasteiger partial charge in [-0.25, -0.2) is 8.42 Å². The normalized spacial score (nSPS) is 12.6. The van der Waals surface area contributed by atoms with Crippen molar-refractivity contribution in [2.75, 3.05) is 17.3 Å². The van der Waals surface area contributed by atoms with Crippen LogP contribution in [0.25, 0.3) is 0 Å². The first-order valence-corrected chi connectivity index (χ1v) is 8.20. The molecule has 0 aliphatic heterocycles. The molecular weight excluding hydrogens is 272 g/mol. The number of rotatable bonds is 6. The molecule has 0 unspecified atom stereocenters. The van der Waals surface area contributed by atoms with Crippen molar-refractivity contribution in [1.29, 1.82) is 0 Å². The number of amidine groups is 1. The number of nitrogens with two attached hydrogens (primary N) is 1. The van der Waals surface area contributed by atoms with E-state index in [-0.39, 0.29) is 16.5 Å². The Balaban J connectivity index is 2.95. The molecule has 5 nitrogen and oxygen atoms in total. The number of hydrogen-bond donors (Lipinski definition) is 2. The van der Waals surface area contributed by atoms with Gasteiger partial charge in [0, 0.05) is 11.3 Å². The minimum Gasteiger partial charge on any atom is -0.409 e. The molecule has 1 aromatic carbocycles. The second kappa shape index (κ2) is 6.65. The van der Waals surface area contributed by atoms with Crippen LogP contribution in [0.5, 0.6) is 0 Å². The quantitative estimate of drug-likeness (QED) is 0.271. The monoisotopic (exact) mass is 288 g/mol. The Kier molecular flexibility index (Phi) is 5.49. The van der Waals surface area contributed by atoms with Gasteiger partial charge in [0.15, 0.2) is 15.7 Å². The van der Waals surface area contributed by atoms with Crippen LogP contribution in [0.4, 0.5) is 0 Å². The summed E-state index contributed by atoms with van der Waals surface area (Å²) in [5.41, 5.74) is 5.82. The number of oxime groups is 1. The van der Waals surface area contributed by atoms with Crippen molar-refractivity contribution in [1.82, 2.24) is 0 Å². The first kappa shape index (κ1) is 14.8. The Hall–Kier alpha value is -1.21. The standard InChI is InChI=1S/C11H16N2O3S2/c1-2-17-6-7-18(15,16)10-5-3-4-9(8-10)11(12)13-14/h3-5,8,14H,2,6-7H2,1H3,(H2,12,13). The molecule has 0 aliphatic carbocycles. The number of thioether (sulfide) groups is 1. The Labute approximate surface area is 111 Å². The molecular formula is C11H16N2O3S2. The van der Waals surface area contributed by atoms with Gasteiger partial charge in [0.2, 0.25) is 0 Å². The van der Waals surface area contributed by atoms with Crippen molar-refractivity contribution in [3.8, 4) is 0 Å². The smallest absolute Gasteiger partial charge is 0.179 e. The van der Waals surface area contributed by atoms with Gasteiger partial charge in [-0.05, 0) is 17.9 Å². The highest BCUT2D eigenvalue weighted by Gasteiger charge is 2.15. The summed E-state index contributed by atoms with van der Waals surface area (Å²) in [4.78, 5) is 0.198. The lowest BCUT2D eigenvalue weighted by atomic mass is 10.2. The SMILES string of the molecule is CCSCCS(=O)(=O)c1cccc(/C(N)=N/O)c1. The summed E-state index contributed by atoms with van der Waals surface area (Å²) >= 11 is 1.58. The molecule has 0 aromatic heterocycles. The lowest BCUT2D eigenvalue weighted by Crippen LogP contribution is -2.15. The van der Waals surface area contributed by atoms with Crippen molar-refractivity contribution < 1.29 is 13.6 Å². The van der Waals surface area contributed by atoms with E-state index < -0.39 is 9.84 Å². The molecule has 0 aliphatic rings. The molecule has 0 spiro atoms. The molecule has 3 N–H and O–H groups in total. The fourth-order valence-electron chi connectivity index (χ4n) is 1.34. The molecule has 1 rings (SSSR count). The van der Waals surface area contributed by atoms with Crippen molar-refractivity contribution >= 4 is 27.4 Å². The highest BCUT2D eigenvalue weighted by molar-refractivity contribution is 8.00. The molecule has 100 valence electrons. The summed E-state index contributed by atoms with van der Waals surface area (Å²) in [7, 11) is -3.31. The van der Waals surface area contributed by atoms with Gasteiger partial charge in [0.05, 0.1) is 10.6 Å². The van der Waals surface area contributed by atoms with Crippen LogP contribution in [0, 0.1) is 0 Å². The van der Waals surface area contributed by atoms with Crippen molar-refractivity contribution in [2.24, 2.45) is 10.9 Å². The third-order valence-electron chi connectivity index (χ3n) is 2.30. The number of benzene rings is 1. The first-order chi connectivity index (χ1) is 8.51. The Morgan fingerprint density at radius 2 is 2.22 bits per heavy atom. The van der Waals surface area contributed by atoms with E-state index in [1.807, 2.05) is 6.92 Å². The summed E-state index contributed by atoms with van der Waals surface area (Å²) in [6.07, 6.45) is 0. The number of sulfone groups is 1. The van der Waals surface area contributed by atoms with E-state index in [2.05, 4.69) is 5.16 Å². The molecule has 0 amide bonds. The molecule has 7 heteroatoms. The van der Waals surface area contributed by atoms with Crippen LogP contribution in [0.15, 0.2) is 34.3 Å². The fraction of sp³-hybridized carbons (Fsp3) is 0.364. The predicted octanol–water partition coefficient (Wildman–Crippen LogP) is 1.31. The summed E-state index contributed by atoms with van der Waals surface area (Å²) in [5, 5.41) is 11.4. The Morgan fingerprint density at radius 1 is 1.50 bits per heavy atom. The topological polar surface area (TPSA) is 92.8 Å².